The van der Waals surface area contributed by atoms with Crippen LogP contribution < -0.4 is 5.73 Å². The van der Waals surface area contributed by atoms with Crippen LogP contribution in [0, 0.1) is 0 Å². The second-order valence-electron chi connectivity index (χ2n) is 1.87. The molecule has 1 aromatic rings. The summed E-state index contributed by atoms with van der Waals surface area (Å²) in [4.78, 5) is 6.99. The van der Waals surface area contributed by atoms with E-state index in [-0.39, 0.29) is 15.0 Å². The molecule has 0 aliphatic carbocycles. The molecule has 0 atom stereocenters. The highest BCUT2D eigenvalue weighted by Crippen LogP contribution is 2.30. The summed E-state index contributed by atoms with van der Waals surface area (Å²) in [5, 5.41) is 0. The summed E-state index contributed by atoms with van der Waals surface area (Å²) in [6.45, 7) is 0. The summed E-state index contributed by atoms with van der Waals surface area (Å²) in [5.74, 6) is -0.180. The minimum atomic E-state index is -2.67. The number of alkyl halides is 2. The lowest BCUT2D eigenvalue weighted by molar-refractivity contribution is 0.145. The molecule has 1 heterocycles. The highest BCUT2D eigenvalue weighted by atomic mass is 79.9. The maximum absolute atomic E-state index is 12.2. The third kappa shape index (κ3) is 1.89. The Morgan fingerprint density at radius 2 is 1.83 bits per heavy atom. The van der Waals surface area contributed by atoms with E-state index in [0.29, 0.717) is 0 Å². The van der Waals surface area contributed by atoms with Crippen LogP contribution >= 0.6 is 31.9 Å². The molecule has 0 fully saturated rings. The molecule has 12 heavy (non-hydrogen) atoms. The van der Waals surface area contributed by atoms with Gasteiger partial charge in [0.2, 0.25) is 5.95 Å². The van der Waals surface area contributed by atoms with Crippen molar-refractivity contribution >= 4 is 37.8 Å². The van der Waals surface area contributed by atoms with Crippen LogP contribution in [0.2, 0.25) is 0 Å². The number of hydrogen-bond acceptors (Lipinski definition) is 3. The molecule has 2 N–H and O–H groups in total. The van der Waals surface area contributed by atoms with Crippen molar-refractivity contribution in [1.29, 1.82) is 0 Å². The van der Waals surface area contributed by atoms with Crippen molar-refractivity contribution in [3.63, 3.8) is 0 Å². The Balaban J connectivity index is 3.28. The number of hydrogen-bond donors (Lipinski definition) is 1. The maximum atomic E-state index is 12.2. The lowest BCUT2D eigenvalue weighted by Crippen LogP contribution is -2.01. The van der Waals surface area contributed by atoms with Gasteiger partial charge in [-0.15, -0.1) is 0 Å². The van der Waals surface area contributed by atoms with Gasteiger partial charge in [-0.1, -0.05) is 0 Å². The molecule has 1 aromatic heterocycles. The highest BCUT2D eigenvalue weighted by Gasteiger charge is 2.17. The molecule has 0 aliphatic rings. The fourth-order valence-corrected chi connectivity index (χ4v) is 1.33. The minimum absolute atomic E-state index is 0.131. The summed E-state index contributed by atoms with van der Waals surface area (Å²) in [5.41, 5.74) is 4.75. The molecule has 7 heteroatoms. The van der Waals surface area contributed by atoms with E-state index in [9.17, 15) is 8.78 Å². The van der Waals surface area contributed by atoms with Crippen LogP contribution in [0.25, 0.3) is 0 Å². The van der Waals surface area contributed by atoms with Gasteiger partial charge in [-0.2, -0.15) is 0 Å². The van der Waals surface area contributed by atoms with Gasteiger partial charge in [0.15, 0.2) is 0 Å². The van der Waals surface area contributed by atoms with Crippen LogP contribution in [-0.2, 0) is 0 Å². The first kappa shape index (κ1) is 9.79. The summed E-state index contributed by atoms with van der Waals surface area (Å²) < 4.78 is 24.7. The maximum Gasteiger partial charge on any atom is 0.281 e. The Hall–Kier alpha value is -0.300. The van der Waals surface area contributed by atoms with Crippen LogP contribution in [0.15, 0.2) is 9.08 Å². The van der Waals surface area contributed by atoms with E-state index in [1.54, 1.807) is 0 Å². The van der Waals surface area contributed by atoms with Crippen LogP contribution in [0.4, 0.5) is 14.7 Å². The Bertz CT molecular complexity index is 305. The third-order valence-electron chi connectivity index (χ3n) is 1.06. The van der Waals surface area contributed by atoms with Crippen molar-refractivity contribution in [2.45, 2.75) is 6.43 Å². The molecule has 0 spiro atoms. The van der Waals surface area contributed by atoms with Crippen LogP contribution in [0.1, 0.15) is 12.1 Å². The van der Waals surface area contributed by atoms with Crippen molar-refractivity contribution in [2.24, 2.45) is 0 Å². The van der Waals surface area contributed by atoms with E-state index in [2.05, 4.69) is 41.8 Å². The zero-order valence-electron chi connectivity index (χ0n) is 5.56. The fraction of sp³-hybridized carbons (Fsp3) is 0.200. The van der Waals surface area contributed by atoms with Crippen molar-refractivity contribution in [1.82, 2.24) is 9.97 Å². The second-order valence-corrected chi connectivity index (χ2v) is 3.42. The van der Waals surface area contributed by atoms with E-state index < -0.39 is 12.1 Å². The average molecular weight is 303 g/mol. The molecular weight excluding hydrogens is 300 g/mol. The van der Waals surface area contributed by atoms with E-state index in [1.807, 2.05) is 0 Å². The smallest absolute Gasteiger partial charge is 0.281 e. The van der Waals surface area contributed by atoms with Crippen molar-refractivity contribution < 1.29 is 8.78 Å². The number of aromatic nitrogens is 2. The van der Waals surface area contributed by atoms with Gasteiger partial charge in [-0.3, -0.25) is 0 Å². The molecular formula is C5H3Br2F2N3. The topological polar surface area (TPSA) is 51.8 Å². The van der Waals surface area contributed by atoms with Gasteiger partial charge in [-0.05, 0) is 31.9 Å². The van der Waals surface area contributed by atoms with Gasteiger partial charge >= 0.3 is 0 Å². The summed E-state index contributed by atoms with van der Waals surface area (Å²) in [6, 6.07) is 0. The van der Waals surface area contributed by atoms with E-state index in [1.165, 1.54) is 0 Å². The molecule has 66 valence electrons. The normalized spacial score (nSPS) is 10.8. The van der Waals surface area contributed by atoms with Crippen LogP contribution in [0.5, 0.6) is 0 Å². The predicted octanol–water partition coefficient (Wildman–Crippen LogP) is 2.52. The lowest BCUT2D eigenvalue weighted by Gasteiger charge is -2.03. The largest absolute Gasteiger partial charge is 0.368 e. The number of rotatable bonds is 1. The standard InChI is InChI=1S/C5H3Br2F2N3/c6-1-2(4(8)9)11-5(10)12-3(1)7/h4H,(H2,10,11,12). The fourth-order valence-electron chi connectivity index (χ4n) is 0.597. The molecule has 0 amide bonds. The third-order valence-corrected chi connectivity index (χ3v) is 2.95. The molecule has 0 saturated carbocycles. The van der Waals surface area contributed by atoms with Gasteiger partial charge in [0, 0.05) is 0 Å². The SMILES string of the molecule is Nc1nc(Br)c(Br)c(C(F)F)n1. The number of halogens is 4. The van der Waals surface area contributed by atoms with Gasteiger partial charge in [-0.25, -0.2) is 18.7 Å². The van der Waals surface area contributed by atoms with Crippen molar-refractivity contribution in [3.8, 4) is 0 Å². The molecule has 1 rings (SSSR count). The van der Waals surface area contributed by atoms with Crippen molar-refractivity contribution in [3.05, 3.63) is 14.8 Å². The summed E-state index contributed by atoms with van der Waals surface area (Å²) >= 11 is 5.86. The first-order chi connectivity index (χ1) is 5.52. The summed E-state index contributed by atoms with van der Waals surface area (Å²) in [7, 11) is 0. The zero-order valence-corrected chi connectivity index (χ0v) is 8.73. The first-order valence-corrected chi connectivity index (χ1v) is 4.37. The first-order valence-electron chi connectivity index (χ1n) is 2.79. The number of nitrogens with two attached hydrogens (primary N) is 1. The second kappa shape index (κ2) is 3.61. The molecule has 0 saturated heterocycles. The monoisotopic (exact) mass is 301 g/mol. The lowest BCUT2D eigenvalue weighted by atomic mass is 10.4. The predicted molar refractivity (Wildman–Crippen MR) is 46.8 cm³/mol. The Morgan fingerprint density at radius 3 is 2.33 bits per heavy atom. The number of anilines is 1. The summed E-state index contributed by atoms with van der Waals surface area (Å²) in [6.07, 6.45) is -2.67. The van der Waals surface area contributed by atoms with E-state index >= 15 is 0 Å². The van der Waals surface area contributed by atoms with E-state index in [4.69, 9.17) is 5.73 Å². The van der Waals surface area contributed by atoms with Gasteiger partial charge in [0.1, 0.15) is 10.3 Å². The van der Waals surface area contributed by atoms with E-state index in [0.717, 1.165) is 0 Å². The Kier molecular flexibility index (Phi) is 2.94. The number of nitrogen functional groups attached to an aromatic ring is 1. The highest BCUT2D eigenvalue weighted by molar-refractivity contribution is 9.13. The Morgan fingerprint density at radius 1 is 1.25 bits per heavy atom. The molecule has 3 nitrogen and oxygen atoms in total. The van der Waals surface area contributed by atoms with Gasteiger partial charge in [0.05, 0.1) is 4.47 Å². The Labute approximate surface area is 83.6 Å². The molecule has 0 bridgehead atoms. The van der Waals surface area contributed by atoms with Crippen molar-refractivity contribution in [2.75, 3.05) is 5.73 Å². The van der Waals surface area contributed by atoms with Crippen LogP contribution in [-0.4, -0.2) is 9.97 Å². The van der Waals surface area contributed by atoms with Gasteiger partial charge in [0.25, 0.3) is 6.43 Å². The molecule has 0 radical (unpaired) electrons. The quantitative estimate of drug-likeness (QED) is 0.811. The molecule has 0 unspecified atom stereocenters. The van der Waals surface area contributed by atoms with Gasteiger partial charge < -0.3 is 5.73 Å². The minimum Gasteiger partial charge on any atom is -0.368 e. The molecule has 0 aliphatic heterocycles. The number of nitrogens with zero attached hydrogens (tertiary/aromatic N) is 2. The molecule has 0 aromatic carbocycles. The van der Waals surface area contributed by atoms with Crippen LogP contribution in [0.3, 0.4) is 0 Å². The zero-order chi connectivity index (χ0) is 9.30. The average Bonchev–Trinajstić information content (AvgIpc) is 1.96.